The number of nitrogens with zero attached hydrogens (tertiary/aromatic N) is 5. The van der Waals surface area contributed by atoms with Gasteiger partial charge < -0.3 is 10.0 Å². The second-order valence-electron chi connectivity index (χ2n) is 4.51. The SMILES string of the molecule is Cc1cc(N2CCC(CO)C2)n2ncnc2n1. The summed E-state index contributed by atoms with van der Waals surface area (Å²) in [6, 6.07) is 2.02. The highest BCUT2D eigenvalue weighted by atomic mass is 16.3. The Labute approximate surface area is 98.9 Å². The standard InChI is InChI=1S/C11H15N5O/c1-8-4-10(15-3-2-9(5-15)6-17)16-11(14-8)12-7-13-16/h4,7,9,17H,2-3,5-6H2,1H3. The zero-order chi connectivity index (χ0) is 11.8. The Kier molecular flexibility index (Phi) is 2.44. The normalized spacial score (nSPS) is 20.4. The number of aromatic nitrogens is 4. The van der Waals surface area contributed by atoms with Gasteiger partial charge in [0.1, 0.15) is 12.1 Å². The average molecular weight is 233 g/mol. The van der Waals surface area contributed by atoms with Crippen molar-refractivity contribution in [3.8, 4) is 0 Å². The molecule has 6 nitrogen and oxygen atoms in total. The summed E-state index contributed by atoms with van der Waals surface area (Å²) in [7, 11) is 0. The fourth-order valence-electron chi connectivity index (χ4n) is 2.33. The van der Waals surface area contributed by atoms with Crippen molar-refractivity contribution in [1.29, 1.82) is 0 Å². The van der Waals surface area contributed by atoms with E-state index in [0.29, 0.717) is 11.7 Å². The van der Waals surface area contributed by atoms with Crippen LogP contribution in [0.15, 0.2) is 12.4 Å². The molecule has 1 aliphatic rings. The van der Waals surface area contributed by atoms with Crippen LogP contribution in [0.5, 0.6) is 0 Å². The fraction of sp³-hybridized carbons (Fsp3) is 0.545. The summed E-state index contributed by atoms with van der Waals surface area (Å²) >= 11 is 0. The molecule has 0 bridgehead atoms. The van der Waals surface area contributed by atoms with E-state index in [4.69, 9.17) is 0 Å². The predicted molar refractivity (Wildman–Crippen MR) is 62.9 cm³/mol. The molecule has 0 aliphatic carbocycles. The quantitative estimate of drug-likeness (QED) is 0.805. The molecular weight excluding hydrogens is 218 g/mol. The Morgan fingerprint density at radius 1 is 1.53 bits per heavy atom. The van der Waals surface area contributed by atoms with E-state index < -0.39 is 0 Å². The molecule has 90 valence electrons. The number of aliphatic hydroxyl groups excluding tert-OH is 1. The lowest BCUT2D eigenvalue weighted by molar-refractivity contribution is 0.238. The van der Waals surface area contributed by atoms with Gasteiger partial charge in [0.15, 0.2) is 0 Å². The summed E-state index contributed by atoms with van der Waals surface area (Å²) < 4.78 is 1.76. The van der Waals surface area contributed by atoms with Gasteiger partial charge in [-0.05, 0) is 13.3 Å². The largest absolute Gasteiger partial charge is 0.396 e. The molecule has 1 N–H and O–H groups in total. The smallest absolute Gasteiger partial charge is 0.254 e. The molecule has 0 aromatic carbocycles. The Balaban J connectivity index is 2.02. The van der Waals surface area contributed by atoms with E-state index >= 15 is 0 Å². The molecule has 17 heavy (non-hydrogen) atoms. The molecule has 3 rings (SSSR count). The van der Waals surface area contributed by atoms with Crippen LogP contribution in [0.25, 0.3) is 5.78 Å². The van der Waals surface area contributed by atoms with Gasteiger partial charge in [0.2, 0.25) is 0 Å². The third kappa shape index (κ3) is 1.74. The molecule has 1 fully saturated rings. The topological polar surface area (TPSA) is 66.5 Å². The lowest BCUT2D eigenvalue weighted by Crippen LogP contribution is -2.23. The van der Waals surface area contributed by atoms with Crippen LogP contribution in [0.4, 0.5) is 5.82 Å². The molecule has 0 radical (unpaired) electrons. The molecule has 1 atom stereocenters. The van der Waals surface area contributed by atoms with Crippen LogP contribution in [0.1, 0.15) is 12.1 Å². The second-order valence-corrected chi connectivity index (χ2v) is 4.51. The molecule has 0 spiro atoms. The van der Waals surface area contributed by atoms with Crippen LogP contribution in [0.2, 0.25) is 0 Å². The van der Waals surface area contributed by atoms with Crippen molar-refractivity contribution in [3.05, 3.63) is 18.1 Å². The summed E-state index contributed by atoms with van der Waals surface area (Å²) in [5.41, 5.74) is 0.938. The molecule has 1 unspecified atom stereocenters. The first-order chi connectivity index (χ1) is 8.28. The van der Waals surface area contributed by atoms with Gasteiger partial charge in [0.25, 0.3) is 5.78 Å². The first-order valence-corrected chi connectivity index (χ1v) is 5.81. The van der Waals surface area contributed by atoms with Crippen molar-refractivity contribution in [3.63, 3.8) is 0 Å². The van der Waals surface area contributed by atoms with Gasteiger partial charge >= 0.3 is 0 Å². The maximum Gasteiger partial charge on any atom is 0.254 e. The monoisotopic (exact) mass is 233 g/mol. The van der Waals surface area contributed by atoms with Gasteiger partial charge in [-0.3, -0.25) is 0 Å². The Hall–Kier alpha value is -1.69. The van der Waals surface area contributed by atoms with E-state index in [1.54, 1.807) is 4.52 Å². The van der Waals surface area contributed by atoms with E-state index in [1.165, 1.54) is 6.33 Å². The summed E-state index contributed by atoms with van der Waals surface area (Å²) in [6.07, 6.45) is 2.54. The van der Waals surface area contributed by atoms with E-state index in [1.807, 2.05) is 13.0 Å². The van der Waals surface area contributed by atoms with Gasteiger partial charge in [-0.1, -0.05) is 0 Å². The minimum atomic E-state index is 0.251. The molecule has 6 heteroatoms. The number of rotatable bonds is 2. The molecule has 3 heterocycles. The number of hydrogen-bond acceptors (Lipinski definition) is 5. The molecular formula is C11H15N5O. The van der Waals surface area contributed by atoms with Gasteiger partial charge in [-0.25, -0.2) is 4.98 Å². The minimum Gasteiger partial charge on any atom is -0.396 e. The van der Waals surface area contributed by atoms with Crippen molar-refractivity contribution in [1.82, 2.24) is 19.6 Å². The Morgan fingerprint density at radius 3 is 3.18 bits per heavy atom. The third-order valence-corrected chi connectivity index (χ3v) is 3.23. The molecule has 1 saturated heterocycles. The molecule has 1 aliphatic heterocycles. The van der Waals surface area contributed by atoms with Crippen molar-refractivity contribution >= 4 is 11.6 Å². The number of hydrogen-bond donors (Lipinski definition) is 1. The van der Waals surface area contributed by atoms with Crippen LogP contribution >= 0.6 is 0 Å². The van der Waals surface area contributed by atoms with Crippen molar-refractivity contribution in [2.45, 2.75) is 13.3 Å². The maximum absolute atomic E-state index is 9.18. The van der Waals surface area contributed by atoms with E-state index in [2.05, 4.69) is 20.0 Å². The Bertz CT molecular complexity index is 538. The molecule has 0 amide bonds. The van der Waals surface area contributed by atoms with Gasteiger partial charge in [-0.15, -0.1) is 0 Å². The third-order valence-electron chi connectivity index (χ3n) is 3.23. The fourth-order valence-corrected chi connectivity index (χ4v) is 2.33. The highest BCUT2D eigenvalue weighted by Crippen LogP contribution is 2.23. The highest BCUT2D eigenvalue weighted by Gasteiger charge is 2.24. The van der Waals surface area contributed by atoms with E-state index in [-0.39, 0.29) is 6.61 Å². The Morgan fingerprint density at radius 2 is 2.41 bits per heavy atom. The lowest BCUT2D eigenvalue weighted by atomic mass is 10.1. The number of anilines is 1. The number of aryl methyl sites for hydroxylation is 1. The van der Waals surface area contributed by atoms with Crippen LogP contribution in [-0.2, 0) is 0 Å². The van der Waals surface area contributed by atoms with Crippen LogP contribution in [-0.4, -0.2) is 44.4 Å². The lowest BCUT2D eigenvalue weighted by Gasteiger charge is -2.19. The molecule has 2 aromatic rings. The van der Waals surface area contributed by atoms with E-state index in [0.717, 1.165) is 31.0 Å². The highest BCUT2D eigenvalue weighted by molar-refractivity contribution is 5.47. The van der Waals surface area contributed by atoms with Crippen LogP contribution in [0, 0.1) is 12.8 Å². The first-order valence-electron chi connectivity index (χ1n) is 5.81. The maximum atomic E-state index is 9.18. The van der Waals surface area contributed by atoms with Gasteiger partial charge in [0, 0.05) is 37.4 Å². The zero-order valence-electron chi connectivity index (χ0n) is 9.74. The summed E-state index contributed by atoms with van der Waals surface area (Å²) in [5.74, 6) is 2.01. The van der Waals surface area contributed by atoms with Gasteiger partial charge in [-0.2, -0.15) is 14.6 Å². The molecule has 2 aromatic heterocycles. The minimum absolute atomic E-state index is 0.251. The van der Waals surface area contributed by atoms with E-state index in [9.17, 15) is 5.11 Å². The van der Waals surface area contributed by atoms with Crippen LogP contribution < -0.4 is 4.90 Å². The van der Waals surface area contributed by atoms with Crippen LogP contribution in [0.3, 0.4) is 0 Å². The van der Waals surface area contributed by atoms with Crippen molar-refractivity contribution in [2.24, 2.45) is 5.92 Å². The second kappa shape index (κ2) is 3.96. The van der Waals surface area contributed by atoms with Crippen molar-refractivity contribution < 1.29 is 5.11 Å². The number of fused-ring (bicyclic) bond motifs is 1. The summed E-state index contributed by atoms with van der Waals surface area (Å²) in [4.78, 5) is 10.7. The average Bonchev–Trinajstić information content (AvgIpc) is 2.95. The van der Waals surface area contributed by atoms with Gasteiger partial charge in [0.05, 0.1) is 0 Å². The first kappa shape index (κ1) is 10.5. The van der Waals surface area contributed by atoms with Crippen molar-refractivity contribution in [2.75, 3.05) is 24.6 Å². The zero-order valence-corrected chi connectivity index (χ0v) is 9.74. The predicted octanol–water partition coefficient (Wildman–Crippen LogP) is 0.251. The number of aliphatic hydroxyl groups is 1. The molecule has 0 saturated carbocycles. The summed E-state index contributed by atoms with van der Waals surface area (Å²) in [5, 5.41) is 13.4. The summed E-state index contributed by atoms with van der Waals surface area (Å²) in [6.45, 7) is 4.03.